The monoisotopic (exact) mass is 413 g/mol. The van der Waals surface area contributed by atoms with Gasteiger partial charge in [0.2, 0.25) is 0 Å². The third-order valence-corrected chi connectivity index (χ3v) is 3.40. The van der Waals surface area contributed by atoms with E-state index in [-0.39, 0.29) is 0 Å². The number of methoxy groups -OCH3 is 1. The summed E-state index contributed by atoms with van der Waals surface area (Å²) >= 11 is 5.29. The fourth-order valence-electron chi connectivity index (χ4n) is 1.11. The molecule has 5 nitrogen and oxygen atoms in total. The van der Waals surface area contributed by atoms with Gasteiger partial charge in [0.1, 0.15) is 12.3 Å². The molecule has 0 radical (unpaired) electrons. The number of carbonyl (C=O) groups excluding carboxylic acids is 1. The van der Waals surface area contributed by atoms with Crippen LogP contribution in [0.25, 0.3) is 0 Å². The number of nitrogens with one attached hydrogen (secondary N) is 1. The van der Waals surface area contributed by atoms with Gasteiger partial charge in [0.25, 0.3) is 5.91 Å². The number of amides is 1. The van der Waals surface area contributed by atoms with Crippen LogP contribution in [0.5, 0.6) is 5.75 Å². The Morgan fingerprint density at radius 2 is 2.18 bits per heavy atom. The standard InChI is InChI=1S/C10H9BrINO4/c1-17-8-2-5(7(12)3-6(8)11)10(16)13-4-9(14)15/h2-3H,4H2,1H3,(H,13,16)(H,14,15). The first-order chi connectivity index (χ1) is 7.95. The van der Waals surface area contributed by atoms with E-state index in [1.807, 2.05) is 22.6 Å². The van der Waals surface area contributed by atoms with Crippen molar-refractivity contribution in [2.24, 2.45) is 0 Å². The summed E-state index contributed by atoms with van der Waals surface area (Å²) in [6.07, 6.45) is 0. The number of rotatable bonds is 4. The Hall–Kier alpha value is -0.830. The molecule has 1 aromatic carbocycles. The van der Waals surface area contributed by atoms with Crippen LogP contribution in [0.3, 0.4) is 0 Å². The van der Waals surface area contributed by atoms with Crippen LogP contribution in [0, 0.1) is 3.57 Å². The summed E-state index contributed by atoms with van der Waals surface area (Å²) in [4.78, 5) is 22.0. The number of halogens is 2. The van der Waals surface area contributed by atoms with Gasteiger partial charge in [-0.3, -0.25) is 9.59 Å². The molecule has 0 aliphatic carbocycles. The van der Waals surface area contributed by atoms with Gasteiger partial charge in [0, 0.05) is 3.57 Å². The van der Waals surface area contributed by atoms with E-state index in [4.69, 9.17) is 9.84 Å². The number of carboxylic acid groups (broad SMARTS) is 1. The van der Waals surface area contributed by atoms with Gasteiger partial charge in [0.05, 0.1) is 17.1 Å². The summed E-state index contributed by atoms with van der Waals surface area (Å²) < 4.78 is 6.51. The minimum Gasteiger partial charge on any atom is -0.496 e. The minimum absolute atomic E-state index is 0.381. The fraction of sp³-hybridized carbons (Fsp3) is 0.200. The summed E-state index contributed by atoms with van der Waals surface area (Å²) in [6.45, 7) is -0.409. The molecular formula is C10H9BrINO4. The van der Waals surface area contributed by atoms with Gasteiger partial charge in [-0.2, -0.15) is 0 Å². The molecule has 0 fully saturated rings. The van der Waals surface area contributed by atoms with Crippen molar-refractivity contribution in [2.75, 3.05) is 13.7 Å². The van der Waals surface area contributed by atoms with Crippen molar-refractivity contribution in [2.45, 2.75) is 0 Å². The molecule has 0 unspecified atom stereocenters. The third kappa shape index (κ3) is 3.84. The number of benzene rings is 1. The molecule has 1 rings (SSSR count). The molecular weight excluding hydrogens is 405 g/mol. The number of hydrogen-bond acceptors (Lipinski definition) is 3. The first-order valence-electron chi connectivity index (χ1n) is 4.48. The molecule has 0 saturated heterocycles. The highest BCUT2D eigenvalue weighted by Crippen LogP contribution is 2.29. The lowest BCUT2D eigenvalue weighted by Gasteiger charge is -2.09. The molecule has 0 heterocycles. The second-order valence-electron chi connectivity index (χ2n) is 3.04. The summed E-state index contributed by atoms with van der Waals surface area (Å²) in [5, 5.41) is 10.8. The molecule has 2 N–H and O–H groups in total. The van der Waals surface area contributed by atoms with E-state index in [1.165, 1.54) is 7.11 Å². The number of carboxylic acids is 1. The number of ether oxygens (including phenoxy) is 1. The highest BCUT2D eigenvalue weighted by Gasteiger charge is 2.14. The van der Waals surface area contributed by atoms with Crippen LogP contribution in [0.1, 0.15) is 10.4 Å². The zero-order chi connectivity index (χ0) is 13.0. The van der Waals surface area contributed by atoms with Gasteiger partial charge in [-0.15, -0.1) is 0 Å². The molecule has 1 aromatic rings. The zero-order valence-corrected chi connectivity index (χ0v) is 12.5. The van der Waals surface area contributed by atoms with Crippen LogP contribution in [0.15, 0.2) is 16.6 Å². The third-order valence-electron chi connectivity index (χ3n) is 1.89. The van der Waals surface area contributed by atoms with Crippen LogP contribution in [-0.4, -0.2) is 30.6 Å². The lowest BCUT2D eigenvalue weighted by Crippen LogP contribution is -2.29. The first kappa shape index (κ1) is 14.2. The van der Waals surface area contributed by atoms with Crippen LogP contribution in [-0.2, 0) is 4.79 Å². The molecule has 7 heteroatoms. The minimum atomic E-state index is -1.09. The van der Waals surface area contributed by atoms with Gasteiger partial charge in [-0.25, -0.2) is 0 Å². The highest BCUT2D eigenvalue weighted by atomic mass is 127. The van der Waals surface area contributed by atoms with Crippen molar-refractivity contribution in [3.05, 3.63) is 25.7 Å². The predicted molar refractivity (Wildman–Crippen MR) is 73.4 cm³/mol. The van der Waals surface area contributed by atoms with Crippen molar-refractivity contribution in [3.63, 3.8) is 0 Å². The van der Waals surface area contributed by atoms with Gasteiger partial charge >= 0.3 is 5.97 Å². The smallest absolute Gasteiger partial charge is 0.322 e. The average molecular weight is 414 g/mol. The second kappa shape index (κ2) is 6.20. The molecule has 0 aliphatic rings. The van der Waals surface area contributed by atoms with Crippen molar-refractivity contribution < 1.29 is 19.4 Å². The summed E-state index contributed by atoms with van der Waals surface area (Å²) in [5.41, 5.74) is 0.381. The second-order valence-corrected chi connectivity index (χ2v) is 5.06. The maximum absolute atomic E-state index is 11.7. The molecule has 0 bridgehead atoms. The van der Waals surface area contributed by atoms with Gasteiger partial charge < -0.3 is 15.2 Å². The zero-order valence-electron chi connectivity index (χ0n) is 8.79. The maximum atomic E-state index is 11.7. The first-order valence-corrected chi connectivity index (χ1v) is 6.36. The predicted octanol–water partition coefficient (Wildman–Crippen LogP) is 1.88. The molecule has 1 amide bonds. The maximum Gasteiger partial charge on any atom is 0.322 e. The van der Waals surface area contributed by atoms with E-state index in [2.05, 4.69) is 21.2 Å². The highest BCUT2D eigenvalue weighted by molar-refractivity contribution is 14.1. The number of aliphatic carboxylic acids is 1. The Balaban J connectivity index is 2.97. The van der Waals surface area contributed by atoms with Crippen LogP contribution >= 0.6 is 38.5 Å². The van der Waals surface area contributed by atoms with Crippen molar-refractivity contribution >= 4 is 50.4 Å². The topological polar surface area (TPSA) is 75.6 Å². The molecule has 0 saturated carbocycles. The summed E-state index contributed by atoms with van der Waals surface area (Å²) in [5.74, 6) is -1.01. The lowest BCUT2D eigenvalue weighted by molar-refractivity contribution is -0.135. The lowest BCUT2D eigenvalue weighted by atomic mass is 10.2. The molecule has 17 heavy (non-hydrogen) atoms. The van der Waals surface area contributed by atoms with Gasteiger partial charge in [-0.1, -0.05) is 0 Å². The Kier molecular flexibility index (Phi) is 5.19. The van der Waals surface area contributed by atoms with Gasteiger partial charge in [0.15, 0.2) is 0 Å². The number of carbonyl (C=O) groups is 2. The van der Waals surface area contributed by atoms with Crippen LogP contribution < -0.4 is 10.1 Å². The van der Waals surface area contributed by atoms with Crippen molar-refractivity contribution in [3.8, 4) is 5.75 Å². The Labute approximate surface area is 120 Å². The Bertz CT molecular complexity index is 464. The SMILES string of the molecule is COc1cc(C(=O)NCC(=O)O)c(I)cc1Br. The van der Waals surface area contributed by atoms with Gasteiger partial charge in [-0.05, 0) is 50.7 Å². The molecule has 0 aromatic heterocycles. The van der Waals surface area contributed by atoms with Crippen molar-refractivity contribution in [1.29, 1.82) is 0 Å². The Morgan fingerprint density at radius 1 is 1.53 bits per heavy atom. The van der Waals surface area contributed by atoms with Crippen molar-refractivity contribution in [1.82, 2.24) is 5.32 Å². The fourth-order valence-corrected chi connectivity index (χ4v) is 2.76. The summed E-state index contributed by atoms with van der Waals surface area (Å²) in [7, 11) is 1.49. The molecule has 92 valence electrons. The molecule has 0 aliphatic heterocycles. The average Bonchev–Trinajstić information content (AvgIpc) is 2.26. The molecule has 0 spiro atoms. The normalized spacial score (nSPS) is 9.82. The van der Waals surface area contributed by atoms with E-state index in [1.54, 1.807) is 12.1 Å². The Morgan fingerprint density at radius 3 is 2.71 bits per heavy atom. The number of hydrogen-bond donors (Lipinski definition) is 2. The van der Waals surface area contributed by atoms with Crippen LogP contribution in [0.2, 0.25) is 0 Å². The van der Waals surface area contributed by atoms with E-state index >= 15 is 0 Å². The largest absolute Gasteiger partial charge is 0.496 e. The van der Waals surface area contributed by atoms with Crippen LogP contribution in [0.4, 0.5) is 0 Å². The summed E-state index contributed by atoms with van der Waals surface area (Å²) in [6, 6.07) is 3.29. The van der Waals surface area contributed by atoms with E-state index in [0.717, 1.165) is 4.47 Å². The van der Waals surface area contributed by atoms with E-state index in [9.17, 15) is 9.59 Å². The van der Waals surface area contributed by atoms with E-state index < -0.39 is 18.4 Å². The van der Waals surface area contributed by atoms with E-state index in [0.29, 0.717) is 14.9 Å². The molecule has 0 atom stereocenters. The quantitative estimate of drug-likeness (QED) is 0.739.